The van der Waals surface area contributed by atoms with Crippen LogP contribution in [0.4, 0.5) is 5.69 Å². The number of nitriles is 2. The van der Waals surface area contributed by atoms with Crippen molar-refractivity contribution < 1.29 is 14.3 Å². The van der Waals surface area contributed by atoms with Gasteiger partial charge in [-0.2, -0.15) is 10.5 Å². The van der Waals surface area contributed by atoms with Crippen molar-refractivity contribution in [2.24, 2.45) is 11.8 Å². The van der Waals surface area contributed by atoms with E-state index in [0.717, 1.165) is 12.8 Å². The lowest BCUT2D eigenvalue weighted by Gasteiger charge is -2.27. The standard InChI is InChI=1S/C18H15N3O3/c1-17-5-6-18(2,24-17)14-13(17)15(22)21(16(14)23)12-4-3-10(8-19)11(7-12)9-20/h3-4,7,13-14H,5-6H2,1-2H3/t13-,14+,17?,18?. The maximum Gasteiger partial charge on any atom is 0.240 e. The number of hydrogen-bond acceptors (Lipinski definition) is 5. The Hall–Kier alpha value is -2.70. The molecule has 1 aromatic rings. The van der Waals surface area contributed by atoms with Crippen LogP contribution in [0.15, 0.2) is 18.2 Å². The van der Waals surface area contributed by atoms with E-state index in [-0.39, 0.29) is 22.9 Å². The molecule has 0 saturated carbocycles. The molecule has 120 valence electrons. The first-order chi connectivity index (χ1) is 11.3. The van der Waals surface area contributed by atoms with Crippen molar-refractivity contribution in [3.63, 3.8) is 0 Å². The molecule has 3 aliphatic rings. The third kappa shape index (κ3) is 1.61. The van der Waals surface area contributed by atoms with Crippen LogP contribution in [0, 0.1) is 34.5 Å². The molecule has 0 radical (unpaired) electrons. The second-order valence-electron chi connectivity index (χ2n) is 7.15. The number of fused-ring (bicyclic) bond motifs is 5. The first-order valence-corrected chi connectivity index (χ1v) is 7.87. The van der Waals surface area contributed by atoms with E-state index in [1.54, 1.807) is 6.07 Å². The average molecular weight is 321 g/mol. The fourth-order valence-electron chi connectivity index (χ4n) is 4.58. The van der Waals surface area contributed by atoms with Crippen molar-refractivity contribution in [1.82, 2.24) is 0 Å². The molecule has 4 rings (SSSR count). The third-order valence-corrected chi connectivity index (χ3v) is 5.71. The van der Waals surface area contributed by atoms with Gasteiger partial charge in [-0.1, -0.05) is 0 Å². The van der Waals surface area contributed by atoms with Crippen molar-refractivity contribution in [2.45, 2.75) is 37.9 Å². The minimum atomic E-state index is -0.606. The highest BCUT2D eigenvalue weighted by atomic mass is 16.5. The molecule has 3 fully saturated rings. The zero-order valence-corrected chi connectivity index (χ0v) is 13.4. The molecule has 2 amide bonds. The summed E-state index contributed by atoms with van der Waals surface area (Å²) < 4.78 is 6.06. The fraction of sp³-hybridized carbons (Fsp3) is 0.444. The van der Waals surface area contributed by atoms with Crippen LogP contribution >= 0.6 is 0 Å². The number of amides is 2. The highest BCUT2D eigenvalue weighted by molar-refractivity contribution is 6.23. The van der Waals surface area contributed by atoms with Gasteiger partial charge < -0.3 is 4.74 Å². The van der Waals surface area contributed by atoms with E-state index in [1.165, 1.54) is 17.0 Å². The third-order valence-electron chi connectivity index (χ3n) is 5.71. The summed E-state index contributed by atoms with van der Waals surface area (Å²) in [5.41, 5.74) is -0.481. The summed E-state index contributed by atoms with van der Waals surface area (Å²) in [6, 6.07) is 8.32. The molecule has 3 heterocycles. The van der Waals surface area contributed by atoms with Crippen LogP contribution < -0.4 is 4.90 Å². The summed E-state index contributed by atoms with van der Waals surface area (Å²) in [5.74, 6) is -1.51. The van der Waals surface area contributed by atoms with E-state index in [4.69, 9.17) is 10.00 Å². The van der Waals surface area contributed by atoms with E-state index < -0.39 is 23.0 Å². The lowest BCUT2D eigenvalue weighted by molar-refractivity contribution is -0.129. The van der Waals surface area contributed by atoms with Gasteiger partial charge in [-0.3, -0.25) is 9.59 Å². The van der Waals surface area contributed by atoms with E-state index >= 15 is 0 Å². The molecule has 3 aliphatic heterocycles. The first kappa shape index (κ1) is 14.9. The first-order valence-electron chi connectivity index (χ1n) is 7.87. The molecule has 2 bridgehead atoms. The molecule has 1 aromatic carbocycles. The minimum Gasteiger partial charge on any atom is -0.367 e. The number of anilines is 1. The van der Waals surface area contributed by atoms with E-state index in [9.17, 15) is 14.9 Å². The van der Waals surface area contributed by atoms with Crippen LogP contribution in [0.2, 0.25) is 0 Å². The number of hydrogen-bond donors (Lipinski definition) is 0. The largest absolute Gasteiger partial charge is 0.367 e. The Balaban J connectivity index is 1.80. The quantitative estimate of drug-likeness (QED) is 0.736. The highest BCUT2D eigenvalue weighted by Crippen LogP contribution is 2.60. The monoisotopic (exact) mass is 321 g/mol. The van der Waals surface area contributed by atoms with Crippen molar-refractivity contribution >= 4 is 17.5 Å². The van der Waals surface area contributed by atoms with Crippen LogP contribution in [0.25, 0.3) is 0 Å². The summed E-state index contributed by atoms with van der Waals surface area (Å²) in [7, 11) is 0. The summed E-state index contributed by atoms with van der Waals surface area (Å²) in [6.07, 6.45) is 1.52. The van der Waals surface area contributed by atoms with Gasteiger partial charge in [0.1, 0.15) is 12.1 Å². The second-order valence-corrected chi connectivity index (χ2v) is 7.15. The van der Waals surface area contributed by atoms with Crippen molar-refractivity contribution in [2.75, 3.05) is 4.90 Å². The van der Waals surface area contributed by atoms with Crippen molar-refractivity contribution in [1.29, 1.82) is 10.5 Å². The number of ether oxygens (including phenoxy) is 1. The predicted molar refractivity (Wildman–Crippen MR) is 82.5 cm³/mol. The van der Waals surface area contributed by atoms with Gasteiger partial charge >= 0.3 is 0 Å². The molecular weight excluding hydrogens is 306 g/mol. The molecule has 0 spiro atoms. The maximum atomic E-state index is 13.0. The van der Waals surface area contributed by atoms with Gasteiger partial charge in [0, 0.05) is 0 Å². The number of benzene rings is 1. The summed E-state index contributed by atoms with van der Waals surface area (Å²) in [6.45, 7) is 3.80. The van der Waals surface area contributed by atoms with Gasteiger partial charge in [0.25, 0.3) is 0 Å². The summed E-state index contributed by atoms with van der Waals surface area (Å²) >= 11 is 0. The number of nitrogens with zero attached hydrogens (tertiary/aromatic N) is 3. The van der Waals surface area contributed by atoms with Crippen LogP contribution in [0.5, 0.6) is 0 Å². The predicted octanol–water partition coefficient (Wildman–Crippen LogP) is 1.88. The van der Waals surface area contributed by atoms with Crippen molar-refractivity contribution in [3.8, 4) is 12.1 Å². The van der Waals surface area contributed by atoms with Gasteiger partial charge in [0.05, 0.1) is 39.9 Å². The lowest BCUT2D eigenvalue weighted by atomic mass is 9.69. The Morgan fingerprint density at radius 2 is 1.58 bits per heavy atom. The lowest BCUT2D eigenvalue weighted by Crippen LogP contribution is -2.40. The van der Waals surface area contributed by atoms with E-state index in [0.29, 0.717) is 5.69 Å². The van der Waals surface area contributed by atoms with Gasteiger partial charge in [-0.25, -0.2) is 4.90 Å². The Kier molecular flexibility index (Phi) is 2.75. The smallest absolute Gasteiger partial charge is 0.240 e. The molecule has 6 heteroatoms. The Labute approximate surface area is 139 Å². The molecule has 2 unspecified atom stereocenters. The highest BCUT2D eigenvalue weighted by Gasteiger charge is 2.72. The van der Waals surface area contributed by atoms with Crippen LogP contribution in [-0.2, 0) is 14.3 Å². The minimum absolute atomic E-state index is 0.157. The zero-order valence-electron chi connectivity index (χ0n) is 13.4. The molecule has 0 N–H and O–H groups in total. The molecular formula is C18H15N3O3. The fourth-order valence-corrected chi connectivity index (χ4v) is 4.58. The molecule has 4 atom stereocenters. The molecule has 24 heavy (non-hydrogen) atoms. The Morgan fingerprint density at radius 3 is 2.08 bits per heavy atom. The Bertz CT molecular complexity index is 846. The van der Waals surface area contributed by atoms with Gasteiger partial charge in [0.15, 0.2) is 0 Å². The Morgan fingerprint density at radius 1 is 1.04 bits per heavy atom. The van der Waals surface area contributed by atoms with Gasteiger partial charge in [-0.15, -0.1) is 0 Å². The average Bonchev–Trinajstić information content (AvgIpc) is 3.11. The summed E-state index contributed by atoms with van der Waals surface area (Å²) in [4.78, 5) is 27.1. The topological polar surface area (TPSA) is 94.2 Å². The molecule has 0 aromatic heterocycles. The second kappa shape index (κ2) is 4.43. The van der Waals surface area contributed by atoms with Crippen LogP contribution in [-0.4, -0.2) is 23.0 Å². The molecule has 6 nitrogen and oxygen atoms in total. The number of rotatable bonds is 1. The maximum absolute atomic E-state index is 13.0. The van der Waals surface area contributed by atoms with Crippen molar-refractivity contribution in [3.05, 3.63) is 29.3 Å². The van der Waals surface area contributed by atoms with Gasteiger partial charge in [-0.05, 0) is 44.9 Å². The van der Waals surface area contributed by atoms with E-state index in [1.807, 2.05) is 26.0 Å². The van der Waals surface area contributed by atoms with Gasteiger partial charge in [0.2, 0.25) is 11.8 Å². The van der Waals surface area contributed by atoms with Crippen LogP contribution in [0.3, 0.4) is 0 Å². The number of carbonyl (C=O) groups is 2. The normalized spacial score (nSPS) is 36.6. The van der Waals surface area contributed by atoms with E-state index in [2.05, 4.69) is 0 Å². The molecule has 3 saturated heterocycles. The molecule has 0 aliphatic carbocycles. The number of carbonyl (C=O) groups excluding carboxylic acids is 2. The number of imide groups is 1. The SMILES string of the molecule is CC12CCC(C)(O1)[C@H]1C(=O)N(c3ccc(C#N)c(C#N)c3)C(=O)[C@H]12. The zero-order chi connectivity index (χ0) is 17.3. The summed E-state index contributed by atoms with van der Waals surface area (Å²) in [5, 5.41) is 18.2. The van der Waals surface area contributed by atoms with Crippen LogP contribution in [0.1, 0.15) is 37.8 Å².